The van der Waals surface area contributed by atoms with Crippen LogP contribution in [-0.2, 0) is 29.1 Å². The summed E-state index contributed by atoms with van der Waals surface area (Å²) in [4.78, 5) is 32.5. The Labute approximate surface area is 156 Å². The minimum atomic E-state index is -0.265. The van der Waals surface area contributed by atoms with Crippen LogP contribution in [-0.4, -0.2) is 39.7 Å². The summed E-state index contributed by atoms with van der Waals surface area (Å²) in [6.07, 6.45) is 2.72. The van der Waals surface area contributed by atoms with Crippen molar-refractivity contribution in [3.63, 3.8) is 0 Å². The lowest BCUT2D eigenvalue weighted by atomic mass is 10.0. The summed E-state index contributed by atoms with van der Waals surface area (Å²) in [7, 11) is 0. The highest BCUT2D eigenvalue weighted by atomic mass is 16.3. The minimum Gasteiger partial charge on any atom is -0.467 e. The van der Waals surface area contributed by atoms with Crippen molar-refractivity contribution in [3.8, 4) is 0 Å². The Kier molecular flexibility index (Phi) is 3.77. The quantitative estimate of drug-likeness (QED) is 0.778. The number of H-pyrrole nitrogens is 1. The molecular formula is C21H21N3O3. The molecule has 1 aromatic carbocycles. The maximum atomic E-state index is 13.1. The number of carbonyl (C=O) groups excluding carboxylic acids is 2. The highest BCUT2D eigenvalue weighted by molar-refractivity contribution is 5.90. The summed E-state index contributed by atoms with van der Waals surface area (Å²) in [5.41, 5.74) is 3.56. The smallest absolute Gasteiger partial charge is 0.228 e. The summed E-state index contributed by atoms with van der Waals surface area (Å²) in [5, 5.41) is 1.19. The van der Waals surface area contributed by atoms with Gasteiger partial charge >= 0.3 is 0 Å². The first kappa shape index (κ1) is 16.2. The molecule has 6 heteroatoms. The number of nitrogens with zero attached hydrogens (tertiary/aromatic N) is 2. The van der Waals surface area contributed by atoms with Crippen molar-refractivity contribution < 1.29 is 14.0 Å². The van der Waals surface area contributed by atoms with Gasteiger partial charge in [-0.2, -0.15) is 0 Å². The zero-order chi connectivity index (χ0) is 18.4. The predicted octanol–water partition coefficient (Wildman–Crippen LogP) is 2.69. The summed E-state index contributed by atoms with van der Waals surface area (Å²) >= 11 is 0. The van der Waals surface area contributed by atoms with Gasteiger partial charge in [-0.3, -0.25) is 9.59 Å². The maximum absolute atomic E-state index is 13.1. The van der Waals surface area contributed by atoms with Gasteiger partial charge in [-0.25, -0.2) is 0 Å². The molecule has 0 bridgehead atoms. The van der Waals surface area contributed by atoms with E-state index in [0.29, 0.717) is 26.2 Å². The molecule has 1 N–H and O–H groups in total. The van der Waals surface area contributed by atoms with Gasteiger partial charge in [0, 0.05) is 54.6 Å². The Morgan fingerprint density at radius 2 is 2.11 bits per heavy atom. The van der Waals surface area contributed by atoms with E-state index in [2.05, 4.69) is 17.1 Å². The van der Waals surface area contributed by atoms with Crippen molar-refractivity contribution in [1.82, 2.24) is 14.8 Å². The number of rotatable bonds is 3. The van der Waals surface area contributed by atoms with E-state index in [1.807, 2.05) is 29.2 Å². The topological polar surface area (TPSA) is 69.6 Å². The van der Waals surface area contributed by atoms with Crippen molar-refractivity contribution in [2.75, 3.05) is 13.1 Å². The first-order valence-corrected chi connectivity index (χ1v) is 9.36. The molecule has 0 aliphatic carbocycles. The molecule has 1 atom stereocenters. The van der Waals surface area contributed by atoms with E-state index >= 15 is 0 Å². The molecule has 1 fully saturated rings. The van der Waals surface area contributed by atoms with Gasteiger partial charge in [0.2, 0.25) is 11.8 Å². The molecule has 4 heterocycles. The van der Waals surface area contributed by atoms with E-state index in [1.54, 1.807) is 11.2 Å². The summed E-state index contributed by atoms with van der Waals surface area (Å²) in [6.45, 7) is 2.21. The average molecular weight is 363 g/mol. The number of hydrogen-bond acceptors (Lipinski definition) is 3. The van der Waals surface area contributed by atoms with Gasteiger partial charge in [-0.1, -0.05) is 18.2 Å². The van der Waals surface area contributed by atoms with Crippen molar-refractivity contribution in [3.05, 3.63) is 59.7 Å². The third-order valence-corrected chi connectivity index (χ3v) is 5.68. The second kappa shape index (κ2) is 6.30. The lowest BCUT2D eigenvalue weighted by molar-refractivity contribution is -0.136. The number of para-hydroxylation sites is 1. The molecule has 6 nitrogen and oxygen atoms in total. The molecule has 0 spiro atoms. The van der Waals surface area contributed by atoms with Crippen LogP contribution in [0.3, 0.4) is 0 Å². The monoisotopic (exact) mass is 363 g/mol. The Morgan fingerprint density at radius 1 is 1.22 bits per heavy atom. The highest BCUT2D eigenvalue weighted by Crippen LogP contribution is 2.30. The molecule has 2 aliphatic heterocycles. The van der Waals surface area contributed by atoms with Gasteiger partial charge < -0.3 is 19.2 Å². The lowest BCUT2D eigenvalue weighted by Crippen LogP contribution is -2.40. The van der Waals surface area contributed by atoms with Crippen LogP contribution in [0.2, 0.25) is 0 Å². The SMILES string of the molecule is O=C1C[C@@H](C(=O)N2CCc3[nH]c4ccccc4c3C2)CN1Cc1ccco1. The molecule has 2 amide bonds. The standard InChI is InChI=1S/C21H21N3O3/c25-20-10-14(11-24(20)12-15-4-3-9-27-15)21(26)23-8-7-19-17(13-23)16-5-1-2-6-18(16)22-19/h1-6,9,14,22H,7-8,10-13H2/t14-/m1/s1. The third-order valence-electron chi connectivity index (χ3n) is 5.68. The fourth-order valence-corrected chi connectivity index (χ4v) is 4.29. The largest absolute Gasteiger partial charge is 0.467 e. The molecule has 0 radical (unpaired) electrons. The summed E-state index contributed by atoms with van der Waals surface area (Å²) in [6, 6.07) is 11.9. The number of aromatic nitrogens is 1. The Bertz CT molecular complexity index is 1010. The fraction of sp³-hybridized carbons (Fsp3) is 0.333. The highest BCUT2D eigenvalue weighted by Gasteiger charge is 2.37. The van der Waals surface area contributed by atoms with Crippen LogP contribution >= 0.6 is 0 Å². The number of benzene rings is 1. The molecule has 0 saturated carbocycles. The molecular weight excluding hydrogens is 342 g/mol. The molecule has 2 aliphatic rings. The zero-order valence-corrected chi connectivity index (χ0v) is 15.0. The van der Waals surface area contributed by atoms with E-state index in [-0.39, 0.29) is 24.2 Å². The maximum Gasteiger partial charge on any atom is 0.228 e. The number of hydrogen-bond donors (Lipinski definition) is 1. The number of furan rings is 1. The molecule has 0 unspecified atom stereocenters. The van der Waals surface area contributed by atoms with Crippen LogP contribution in [0.4, 0.5) is 0 Å². The van der Waals surface area contributed by atoms with Crippen molar-refractivity contribution in [1.29, 1.82) is 0 Å². The molecule has 27 heavy (non-hydrogen) atoms. The first-order chi connectivity index (χ1) is 13.2. The summed E-state index contributed by atoms with van der Waals surface area (Å²) < 4.78 is 5.33. The number of aromatic amines is 1. The van der Waals surface area contributed by atoms with Crippen LogP contribution in [0.15, 0.2) is 47.1 Å². The number of carbonyl (C=O) groups is 2. The zero-order valence-electron chi connectivity index (χ0n) is 15.0. The first-order valence-electron chi connectivity index (χ1n) is 9.36. The second-order valence-electron chi connectivity index (χ2n) is 7.39. The van der Waals surface area contributed by atoms with E-state index in [4.69, 9.17) is 4.42 Å². The van der Waals surface area contributed by atoms with Gasteiger partial charge in [0.05, 0.1) is 18.7 Å². The molecule has 5 rings (SSSR count). The van der Waals surface area contributed by atoms with E-state index in [1.165, 1.54) is 16.6 Å². The third kappa shape index (κ3) is 2.81. The molecule has 2 aromatic heterocycles. The van der Waals surface area contributed by atoms with Crippen molar-refractivity contribution in [2.45, 2.75) is 25.9 Å². The van der Waals surface area contributed by atoms with Gasteiger partial charge in [-0.05, 0) is 18.2 Å². The number of nitrogens with one attached hydrogen (secondary N) is 1. The minimum absolute atomic E-state index is 0.0227. The predicted molar refractivity (Wildman–Crippen MR) is 99.7 cm³/mol. The van der Waals surface area contributed by atoms with Gasteiger partial charge in [-0.15, -0.1) is 0 Å². The van der Waals surface area contributed by atoms with Crippen molar-refractivity contribution in [2.24, 2.45) is 5.92 Å². The number of fused-ring (bicyclic) bond motifs is 3. The Hall–Kier alpha value is -3.02. The van der Waals surface area contributed by atoms with Crippen LogP contribution in [0, 0.1) is 5.92 Å². The average Bonchev–Trinajstić information content (AvgIpc) is 3.40. The number of amides is 2. The fourth-order valence-electron chi connectivity index (χ4n) is 4.29. The van der Waals surface area contributed by atoms with Crippen LogP contribution in [0.5, 0.6) is 0 Å². The van der Waals surface area contributed by atoms with Crippen LogP contribution < -0.4 is 0 Å². The van der Waals surface area contributed by atoms with Gasteiger partial charge in [0.1, 0.15) is 5.76 Å². The van der Waals surface area contributed by atoms with E-state index in [9.17, 15) is 9.59 Å². The molecule has 3 aromatic rings. The van der Waals surface area contributed by atoms with Crippen LogP contribution in [0.25, 0.3) is 10.9 Å². The Morgan fingerprint density at radius 3 is 2.96 bits per heavy atom. The van der Waals surface area contributed by atoms with Crippen LogP contribution in [0.1, 0.15) is 23.4 Å². The normalized spacial score (nSPS) is 19.7. The van der Waals surface area contributed by atoms with Gasteiger partial charge in [0.25, 0.3) is 0 Å². The molecule has 1 saturated heterocycles. The molecule has 138 valence electrons. The second-order valence-corrected chi connectivity index (χ2v) is 7.39. The van der Waals surface area contributed by atoms with E-state index in [0.717, 1.165) is 17.7 Å². The Balaban J connectivity index is 1.31. The van der Waals surface area contributed by atoms with E-state index < -0.39 is 0 Å². The van der Waals surface area contributed by atoms with Crippen molar-refractivity contribution >= 4 is 22.7 Å². The lowest BCUT2D eigenvalue weighted by Gasteiger charge is -2.29. The van der Waals surface area contributed by atoms with Gasteiger partial charge in [0.15, 0.2) is 0 Å². The summed E-state index contributed by atoms with van der Waals surface area (Å²) in [5.74, 6) is 0.591. The number of likely N-dealkylation sites (tertiary alicyclic amines) is 1.